The summed E-state index contributed by atoms with van der Waals surface area (Å²) in [5.74, 6) is -0.0110. The first-order chi connectivity index (χ1) is 8.08. The van der Waals surface area contributed by atoms with Gasteiger partial charge in [-0.25, -0.2) is 0 Å². The minimum atomic E-state index is -0.861. The van der Waals surface area contributed by atoms with Gasteiger partial charge in [0, 0.05) is 6.42 Å². The molecule has 17 heavy (non-hydrogen) atoms. The maximum absolute atomic E-state index is 10.5. The number of ether oxygens (including phenoxy) is 2. The summed E-state index contributed by atoms with van der Waals surface area (Å²) >= 11 is 0. The topological polar surface area (TPSA) is 108 Å². The maximum Gasteiger partial charge on any atom is 0.303 e. The number of anilines is 2. The van der Waals surface area contributed by atoms with Crippen molar-refractivity contribution in [1.82, 2.24) is 0 Å². The zero-order valence-electron chi connectivity index (χ0n) is 9.18. The molecule has 0 saturated carbocycles. The minimum Gasteiger partial charge on any atom is -0.484 e. The highest BCUT2D eigenvalue weighted by Crippen LogP contribution is 2.42. The first-order valence-electron chi connectivity index (χ1n) is 5.27. The summed E-state index contributed by atoms with van der Waals surface area (Å²) in [4.78, 5) is 10.5. The molecule has 0 spiro atoms. The summed E-state index contributed by atoms with van der Waals surface area (Å²) in [5.41, 5.74) is 12.4. The van der Waals surface area contributed by atoms with Crippen LogP contribution in [0, 0.1) is 0 Å². The van der Waals surface area contributed by atoms with Crippen LogP contribution in [0.4, 0.5) is 11.4 Å². The van der Waals surface area contributed by atoms with Gasteiger partial charge >= 0.3 is 5.97 Å². The number of nitrogen functional groups attached to an aromatic ring is 2. The Bertz CT molecular complexity index is 447. The Morgan fingerprint density at radius 2 is 2.00 bits per heavy atom. The molecule has 1 aromatic rings. The molecular formula is C11H14N2O4. The molecule has 0 aliphatic carbocycles. The quantitative estimate of drug-likeness (QED) is 0.674. The summed E-state index contributed by atoms with van der Waals surface area (Å²) in [6.07, 6.45) is 0.108. The van der Waals surface area contributed by atoms with Crippen LogP contribution in [0.3, 0.4) is 0 Å². The lowest BCUT2D eigenvalue weighted by Gasteiger charge is -2.27. The molecule has 1 aliphatic rings. The first kappa shape index (κ1) is 11.4. The molecule has 0 aromatic heterocycles. The average Bonchev–Trinajstić information content (AvgIpc) is 2.31. The van der Waals surface area contributed by atoms with Crippen LogP contribution in [-0.4, -0.2) is 23.8 Å². The Labute approximate surface area is 98.1 Å². The van der Waals surface area contributed by atoms with E-state index in [-0.39, 0.29) is 19.1 Å². The van der Waals surface area contributed by atoms with Crippen molar-refractivity contribution in [2.24, 2.45) is 0 Å². The van der Waals surface area contributed by atoms with E-state index in [0.717, 1.165) is 0 Å². The van der Waals surface area contributed by atoms with Crippen molar-refractivity contribution in [3.63, 3.8) is 0 Å². The van der Waals surface area contributed by atoms with E-state index in [9.17, 15) is 4.79 Å². The van der Waals surface area contributed by atoms with Gasteiger partial charge in [0.25, 0.3) is 0 Å². The van der Waals surface area contributed by atoms with Crippen LogP contribution < -0.4 is 20.9 Å². The number of nitrogens with two attached hydrogens (primary N) is 2. The lowest BCUT2D eigenvalue weighted by Crippen LogP contribution is -2.30. The standard InChI is InChI=1S/C11H14N2O4/c12-7-2-3-8(13)11-10(7)16-5-6(17-11)1-4-9(14)15/h2-3,6H,1,4-5,12-13H2,(H,14,15). The van der Waals surface area contributed by atoms with E-state index in [2.05, 4.69) is 0 Å². The molecule has 0 radical (unpaired) electrons. The molecular weight excluding hydrogens is 224 g/mol. The number of carboxylic acid groups (broad SMARTS) is 1. The van der Waals surface area contributed by atoms with Crippen molar-refractivity contribution in [3.05, 3.63) is 12.1 Å². The highest BCUT2D eigenvalue weighted by Gasteiger charge is 2.25. The Balaban J connectivity index is 2.13. The molecule has 1 unspecified atom stereocenters. The van der Waals surface area contributed by atoms with Gasteiger partial charge in [0.05, 0.1) is 11.4 Å². The molecule has 0 saturated heterocycles. The molecule has 1 aromatic carbocycles. The predicted molar refractivity (Wildman–Crippen MR) is 62.0 cm³/mol. The number of rotatable bonds is 3. The highest BCUT2D eigenvalue weighted by molar-refractivity contribution is 5.71. The Morgan fingerprint density at radius 3 is 2.65 bits per heavy atom. The number of hydrogen-bond donors (Lipinski definition) is 3. The molecule has 0 bridgehead atoms. The van der Waals surface area contributed by atoms with Crippen LogP contribution in [0.1, 0.15) is 12.8 Å². The monoisotopic (exact) mass is 238 g/mol. The van der Waals surface area contributed by atoms with Gasteiger partial charge in [-0.3, -0.25) is 4.79 Å². The lowest BCUT2D eigenvalue weighted by atomic mass is 10.1. The van der Waals surface area contributed by atoms with Crippen molar-refractivity contribution >= 4 is 17.3 Å². The Hall–Kier alpha value is -2.11. The zero-order valence-corrected chi connectivity index (χ0v) is 9.18. The van der Waals surface area contributed by atoms with Gasteiger partial charge in [-0.15, -0.1) is 0 Å². The number of carbonyl (C=O) groups is 1. The van der Waals surface area contributed by atoms with E-state index in [1.165, 1.54) is 0 Å². The second-order valence-corrected chi connectivity index (χ2v) is 3.89. The normalized spacial score (nSPS) is 17.8. The van der Waals surface area contributed by atoms with E-state index in [0.29, 0.717) is 29.3 Å². The van der Waals surface area contributed by atoms with E-state index < -0.39 is 5.97 Å². The zero-order chi connectivity index (χ0) is 12.4. The molecule has 0 fully saturated rings. The third-order valence-electron chi connectivity index (χ3n) is 2.55. The number of carboxylic acids is 1. The fourth-order valence-corrected chi connectivity index (χ4v) is 1.67. The summed E-state index contributed by atoms with van der Waals surface area (Å²) in [5, 5.41) is 8.60. The number of benzene rings is 1. The average molecular weight is 238 g/mol. The van der Waals surface area contributed by atoms with Gasteiger partial charge in [-0.1, -0.05) is 0 Å². The molecule has 6 heteroatoms. The molecule has 1 heterocycles. The van der Waals surface area contributed by atoms with Gasteiger partial charge < -0.3 is 26.0 Å². The fraction of sp³-hybridized carbons (Fsp3) is 0.364. The van der Waals surface area contributed by atoms with E-state index in [4.69, 9.17) is 26.0 Å². The molecule has 5 N–H and O–H groups in total. The van der Waals surface area contributed by atoms with Crippen LogP contribution in [-0.2, 0) is 4.79 Å². The van der Waals surface area contributed by atoms with Gasteiger partial charge in [0.15, 0.2) is 11.5 Å². The number of hydrogen-bond acceptors (Lipinski definition) is 5. The molecule has 0 amide bonds. The smallest absolute Gasteiger partial charge is 0.303 e. The second-order valence-electron chi connectivity index (χ2n) is 3.89. The summed E-state index contributed by atoms with van der Waals surface area (Å²) in [6.45, 7) is 0.286. The Morgan fingerprint density at radius 1 is 1.35 bits per heavy atom. The number of aliphatic carboxylic acids is 1. The molecule has 1 aliphatic heterocycles. The van der Waals surface area contributed by atoms with E-state index in [1.807, 2.05) is 0 Å². The van der Waals surface area contributed by atoms with Crippen molar-refractivity contribution in [2.75, 3.05) is 18.1 Å². The van der Waals surface area contributed by atoms with Gasteiger partial charge in [0.1, 0.15) is 12.7 Å². The fourth-order valence-electron chi connectivity index (χ4n) is 1.67. The molecule has 92 valence electrons. The van der Waals surface area contributed by atoms with Crippen LogP contribution in [0.2, 0.25) is 0 Å². The maximum atomic E-state index is 10.5. The summed E-state index contributed by atoms with van der Waals surface area (Å²) in [7, 11) is 0. The minimum absolute atomic E-state index is 0.0333. The molecule has 2 rings (SSSR count). The van der Waals surface area contributed by atoms with Crippen LogP contribution in [0.5, 0.6) is 11.5 Å². The SMILES string of the molecule is Nc1ccc(N)c2c1OCC(CCC(=O)O)O2. The second kappa shape index (κ2) is 4.40. The van der Waals surface area contributed by atoms with Crippen LogP contribution >= 0.6 is 0 Å². The van der Waals surface area contributed by atoms with Crippen LogP contribution in [0.15, 0.2) is 12.1 Å². The van der Waals surface area contributed by atoms with E-state index >= 15 is 0 Å². The van der Waals surface area contributed by atoms with Crippen molar-refractivity contribution < 1.29 is 19.4 Å². The largest absolute Gasteiger partial charge is 0.484 e. The van der Waals surface area contributed by atoms with E-state index in [1.54, 1.807) is 12.1 Å². The summed E-state index contributed by atoms with van der Waals surface area (Å²) in [6, 6.07) is 3.28. The van der Waals surface area contributed by atoms with Crippen molar-refractivity contribution in [2.45, 2.75) is 18.9 Å². The third-order valence-corrected chi connectivity index (χ3v) is 2.55. The van der Waals surface area contributed by atoms with Gasteiger partial charge in [-0.05, 0) is 18.6 Å². The predicted octanol–water partition coefficient (Wildman–Crippen LogP) is 0.856. The van der Waals surface area contributed by atoms with Crippen molar-refractivity contribution in [1.29, 1.82) is 0 Å². The highest BCUT2D eigenvalue weighted by atomic mass is 16.6. The van der Waals surface area contributed by atoms with Crippen molar-refractivity contribution in [3.8, 4) is 11.5 Å². The third kappa shape index (κ3) is 2.35. The summed E-state index contributed by atoms with van der Waals surface area (Å²) < 4.78 is 11.1. The lowest BCUT2D eigenvalue weighted by molar-refractivity contribution is -0.137. The first-order valence-corrected chi connectivity index (χ1v) is 5.27. The Kier molecular flexibility index (Phi) is 2.95. The van der Waals surface area contributed by atoms with Crippen LogP contribution in [0.25, 0.3) is 0 Å². The number of fused-ring (bicyclic) bond motifs is 1. The van der Waals surface area contributed by atoms with Gasteiger partial charge in [-0.2, -0.15) is 0 Å². The van der Waals surface area contributed by atoms with Gasteiger partial charge in [0.2, 0.25) is 0 Å². The molecule has 1 atom stereocenters. The molecule has 6 nitrogen and oxygen atoms in total.